The number of benzene rings is 7. The van der Waals surface area contributed by atoms with Crippen molar-refractivity contribution in [3.63, 3.8) is 0 Å². The molecule has 2 heterocycles. The van der Waals surface area contributed by atoms with Crippen molar-refractivity contribution < 1.29 is 9.47 Å². The second-order valence-electron chi connectivity index (χ2n) is 13.3. The quantitative estimate of drug-likeness (QED) is 0.188. The standard InChI is InChI=1S/C43H30BNO2/c1-43(2)34-25-30(45(28-14-5-3-6-15-28)29-16-7-4-8-17-29)22-23-32(34)33-26-38-40-42(39(33)43)46-37-20-12-11-19-35(37)44(40)36-24-21-27-13-9-10-18-31(27)41(36)47-38/h3-26H,1-2H3. The Hall–Kier alpha value is -5.74. The van der Waals surface area contributed by atoms with Gasteiger partial charge in [-0.25, -0.2) is 0 Å². The summed E-state index contributed by atoms with van der Waals surface area (Å²) in [6.45, 7) is 4.69. The van der Waals surface area contributed by atoms with Gasteiger partial charge >= 0.3 is 0 Å². The summed E-state index contributed by atoms with van der Waals surface area (Å²) in [6, 6.07) is 51.9. The maximum Gasteiger partial charge on any atom is 0.260 e. The molecule has 0 radical (unpaired) electrons. The molecule has 0 N–H and O–H groups in total. The molecule has 0 saturated heterocycles. The first-order valence-corrected chi connectivity index (χ1v) is 16.3. The van der Waals surface area contributed by atoms with Gasteiger partial charge in [0, 0.05) is 38.9 Å². The number of para-hydroxylation sites is 3. The number of hydrogen-bond acceptors (Lipinski definition) is 3. The Morgan fingerprint density at radius 1 is 0.532 bits per heavy atom. The van der Waals surface area contributed by atoms with E-state index < -0.39 is 0 Å². The summed E-state index contributed by atoms with van der Waals surface area (Å²) < 4.78 is 13.9. The van der Waals surface area contributed by atoms with Crippen molar-refractivity contribution in [2.45, 2.75) is 19.3 Å². The number of ether oxygens (including phenoxy) is 2. The highest BCUT2D eigenvalue weighted by molar-refractivity contribution is 6.98. The van der Waals surface area contributed by atoms with E-state index >= 15 is 0 Å². The van der Waals surface area contributed by atoms with Crippen LogP contribution in [0.1, 0.15) is 25.0 Å². The molecular weight excluding hydrogens is 573 g/mol. The molecule has 0 amide bonds. The van der Waals surface area contributed by atoms with Crippen LogP contribution in [-0.4, -0.2) is 6.71 Å². The molecule has 47 heavy (non-hydrogen) atoms. The van der Waals surface area contributed by atoms with Crippen molar-refractivity contribution in [3.05, 3.63) is 157 Å². The van der Waals surface area contributed by atoms with Crippen molar-refractivity contribution >= 4 is 50.9 Å². The molecule has 0 aromatic heterocycles. The first kappa shape index (κ1) is 26.5. The molecule has 3 aliphatic rings. The minimum Gasteiger partial charge on any atom is -0.458 e. The number of rotatable bonds is 3. The smallest absolute Gasteiger partial charge is 0.260 e. The van der Waals surface area contributed by atoms with Crippen LogP contribution in [0.5, 0.6) is 23.0 Å². The van der Waals surface area contributed by atoms with Gasteiger partial charge in [-0.05, 0) is 81.5 Å². The van der Waals surface area contributed by atoms with Crippen LogP contribution in [0.25, 0.3) is 21.9 Å². The molecule has 0 spiro atoms. The number of hydrogen-bond donors (Lipinski definition) is 0. The summed E-state index contributed by atoms with van der Waals surface area (Å²) in [7, 11) is 0. The van der Waals surface area contributed by atoms with Crippen LogP contribution in [0.3, 0.4) is 0 Å². The first-order chi connectivity index (χ1) is 23.1. The minimum absolute atomic E-state index is 0.0188. The Morgan fingerprint density at radius 2 is 1.21 bits per heavy atom. The molecule has 0 bridgehead atoms. The van der Waals surface area contributed by atoms with E-state index in [1.165, 1.54) is 38.6 Å². The van der Waals surface area contributed by atoms with Crippen LogP contribution in [0.15, 0.2) is 146 Å². The molecule has 0 unspecified atom stereocenters. The molecule has 4 heteroatoms. The zero-order valence-corrected chi connectivity index (χ0v) is 26.2. The predicted molar refractivity (Wildman–Crippen MR) is 194 cm³/mol. The van der Waals surface area contributed by atoms with E-state index in [4.69, 9.17) is 9.47 Å². The molecule has 1 aliphatic carbocycles. The van der Waals surface area contributed by atoms with Gasteiger partial charge in [0.05, 0.1) is 0 Å². The Bertz CT molecular complexity index is 2360. The monoisotopic (exact) mass is 603 g/mol. The van der Waals surface area contributed by atoms with E-state index in [9.17, 15) is 0 Å². The molecule has 0 saturated carbocycles. The lowest BCUT2D eigenvalue weighted by Gasteiger charge is -2.36. The molecule has 222 valence electrons. The molecule has 10 rings (SSSR count). The minimum atomic E-state index is -0.315. The van der Waals surface area contributed by atoms with Gasteiger partial charge in [0.15, 0.2) is 0 Å². The van der Waals surface area contributed by atoms with Crippen molar-refractivity contribution in [2.24, 2.45) is 0 Å². The van der Waals surface area contributed by atoms with Crippen LogP contribution < -0.4 is 30.8 Å². The molecule has 0 atom stereocenters. The lowest BCUT2D eigenvalue weighted by atomic mass is 9.34. The van der Waals surface area contributed by atoms with E-state index in [1.807, 2.05) is 0 Å². The fraction of sp³-hybridized carbons (Fsp3) is 0.0698. The van der Waals surface area contributed by atoms with Crippen LogP contribution in [0.2, 0.25) is 0 Å². The van der Waals surface area contributed by atoms with Gasteiger partial charge < -0.3 is 14.4 Å². The third-order valence-corrected chi connectivity index (χ3v) is 10.3. The molecule has 7 aromatic carbocycles. The molecule has 2 aliphatic heterocycles. The highest BCUT2D eigenvalue weighted by Gasteiger charge is 2.47. The Labute approximate surface area is 274 Å². The lowest BCUT2D eigenvalue weighted by Crippen LogP contribution is -2.57. The highest BCUT2D eigenvalue weighted by Crippen LogP contribution is 2.56. The third kappa shape index (κ3) is 3.70. The maximum atomic E-state index is 6.96. The van der Waals surface area contributed by atoms with Crippen LogP contribution in [0, 0.1) is 0 Å². The van der Waals surface area contributed by atoms with E-state index in [-0.39, 0.29) is 12.1 Å². The zero-order chi connectivity index (χ0) is 31.3. The van der Waals surface area contributed by atoms with Gasteiger partial charge in [-0.1, -0.05) is 111 Å². The number of anilines is 3. The maximum absolute atomic E-state index is 6.96. The average molecular weight is 604 g/mol. The Kier molecular flexibility index (Phi) is 5.43. The van der Waals surface area contributed by atoms with Crippen molar-refractivity contribution in [1.82, 2.24) is 0 Å². The first-order valence-electron chi connectivity index (χ1n) is 16.3. The molecule has 0 fully saturated rings. The van der Waals surface area contributed by atoms with Crippen LogP contribution in [0.4, 0.5) is 17.1 Å². The van der Waals surface area contributed by atoms with Gasteiger partial charge in [0.25, 0.3) is 6.71 Å². The fourth-order valence-electron chi connectivity index (χ4n) is 8.22. The summed E-state index contributed by atoms with van der Waals surface area (Å²) in [5, 5.41) is 2.31. The van der Waals surface area contributed by atoms with Gasteiger partial charge in [-0.3, -0.25) is 0 Å². The third-order valence-electron chi connectivity index (χ3n) is 10.3. The molecular formula is C43H30BNO2. The topological polar surface area (TPSA) is 21.7 Å². The number of fused-ring (bicyclic) bond motifs is 10. The summed E-state index contributed by atoms with van der Waals surface area (Å²) in [4.78, 5) is 2.34. The van der Waals surface area contributed by atoms with Gasteiger partial charge in [0.2, 0.25) is 0 Å². The SMILES string of the molecule is CC1(C)c2cc(N(c3ccccc3)c3ccccc3)ccc2-c2cc3c4c(c21)Oc1ccccc1B4c1ccc2ccccc2c1O3. The van der Waals surface area contributed by atoms with Gasteiger partial charge in [0.1, 0.15) is 23.0 Å². The van der Waals surface area contributed by atoms with Crippen molar-refractivity contribution in [2.75, 3.05) is 4.90 Å². The largest absolute Gasteiger partial charge is 0.458 e. The fourth-order valence-corrected chi connectivity index (χ4v) is 8.22. The number of nitrogens with zero attached hydrogens (tertiary/aromatic N) is 1. The summed E-state index contributed by atoms with van der Waals surface area (Å²) in [6.07, 6.45) is 0. The summed E-state index contributed by atoms with van der Waals surface area (Å²) in [5.41, 5.74) is 11.5. The van der Waals surface area contributed by atoms with E-state index in [0.717, 1.165) is 50.9 Å². The summed E-state index contributed by atoms with van der Waals surface area (Å²) in [5.74, 6) is 3.67. The zero-order valence-electron chi connectivity index (χ0n) is 26.2. The van der Waals surface area contributed by atoms with Crippen LogP contribution in [-0.2, 0) is 5.41 Å². The van der Waals surface area contributed by atoms with Crippen LogP contribution >= 0.6 is 0 Å². The highest BCUT2D eigenvalue weighted by atomic mass is 16.5. The van der Waals surface area contributed by atoms with Gasteiger partial charge in [-0.15, -0.1) is 0 Å². The normalized spacial score (nSPS) is 14.2. The molecule has 3 nitrogen and oxygen atoms in total. The van der Waals surface area contributed by atoms with E-state index in [2.05, 4.69) is 164 Å². The van der Waals surface area contributed by atoms with E-state index in [1.54, 1.807) is 0 Å². The van der Waals surface area contributed by atoms with Gasteiger partial charge in [-0.2, -0.15) is 0 Å². The predicted octanol–water partition coefficient (Wildman–Crippen LogP) is 9.34. The second kappa shape index (κ2) is 9.64. The summed E-state index contributed by atoms with van der Waals surface area (Å²) >= 11 is 0. The van der Waals surface area contributed by atoms with E-state index in [0.29, 0.717) is 0 Å². The lowest BCUT2D eigenvalue weighted by molar-refractivity contribution is 0.455. The Balaban J connectivity index is 1.20. The average Bonchev–Trinajstić information content (AvgIpc) is 3.34. The molecule has 7 aromatic rings. The van der Waals surface area contributed by atoms with Crippen molar-refractivity contribution in [1.29, 1.82) is 0 Å². The Morgan fingerprint density at radius 3 is 2.00 bits per heavy atom. The second-order valence-corrected chi connectivity index (χ2v) is 13.3. The van der Waals surface area contributed by atoms with Crippen molar-refractivity contribution in [3.8, 4) is 34.1 Å².